The molecular weight excluding hydrogens is 430 g/mol. The van der Waals surface area contributed by atoms with Crippen LogP contribution in [0.25, 0.3) is 17.1 Å². The fourth-order valence-corrected chi connectivity index (χ4v) is 3.05. The topological polar surface area (TPSA) is 85.2 Å². The first-order chi connectivity index (χ1) is 13.1. The first kappa shape index (κ1) is 17.4. The maximum Gasteiger partial charge on any atom is 0.209 e. The summed E-state index contributed by atoms with van der Waals surface area (Å²) in [6, 6.07) is 17.0. The number of hydrogen-bond acceptors (Lipinski definition) is 5. The molecule has 0 atom stereocenters. The lowest BCUT2D eigenvalue weighted by Crippen LogP contribution is -2.04. The Bertz CT molecular complexity index is 1120. The van der Waals surface area contributed by atoms with Crippen LogP contribution in [0.3, 0.4) is 0 Å². The average Bonchev–Trinajstić information content (AvgIpc) is 3.29. The van der Waals surface area contributed by atoms with E-state index in [1.807, 2.05) is 36.4 Å². The van der Waals surface area contributed by atoms with Gasteiger partial charge >= 0.3 is 0 Å². The summed E-state index contributed by atoms with van der Waals surface area (Å²) in [6.45, 7) is 0.442. The molecule has 0 N–H and O–H groups in total. The maximum atomic E-state index is 8.86. The number of hydrogen-bond donors (Lipinski definition) is 0. The zero-order valence-corrected chi connectivity index (χ0v) is 16.1. The Labute approximate surface area is 167 Å². The Morgan fingerprint density at radius 1 is 1.07 bits per heavy atom. The van der Waals surface area contributed by atoms with Gasteiger partial charge in [-0.05, 0) is 47.2 Å². The van der Waals surface area contributed by atoms with E-state index in [9.17, 15) is 0 Å². The third-order valence-electron chi connectivity index (χ3n) is 3.88. The smallest absolute Gasteiger partial charge is 0.209 e. The van der Waals surface area contributed by atoms with Crippen LogP contribution in [-0.4, -0.2) is 30.0 Å². The van der Waals surface area contributed by atoms with E-state index in [1.165, 1.54) is 4.80 Å². The van der Waals surface area contributed by atoms with Crippen molar-refractivity contribution < 1.29 is 0 Å². The predicted molar refractivity (Wildman–Crippen MR) is 103 cm³/mol. The molecule has 0 spiro atoms. The number of nitriles is 1. The highest BCUT2D eigenvalue weighted by atomic mass is 79.9. The van der Waals surface area contributed by atoms with Crippen LogP contribution >= 0.6 is 27.5 Å². The van der Waals surface area contributed by atoms with Crippen molar-refractivity contribution in [1.82, 2.24) is 30.0 Å². The van der Waals surface area contributed by atoms with Crippen molar-refractivity contribution in [3.8, 4) is 23.1 Å². The highest BCUT2D eigenvalue weighted by molar-refractivity contribution is 9.10. The molecule has 4 rings (SSSR count). The summed E-state index contributed by atoms with van der Waals surface area (Å²) in [5.41, 5.74) is 3.01. The molecule has 0 saturated heterocycles. The second-order valence-electron chi connectivity index (χ2n) is 5.69. The van der Waals surface area contributed by atoms with Crippen LogP contribution < -0.4 is 0 Å². The highest BCUT2D eigenvalue weighted by Gasteiger charge is 2.16. The molecule has 9 heteroatoms. The van der Waals surface area contributed by atoms with Crippen molar-refractivity contribution in [1.29, 1.82) is 5.26 Å². The largest absolute Gasteiger partial charge is 0.221 e. The molecule has 0 aliphatic heterocycles. The molecule has 0 saturated carbocycles. The summed E-state index contributed by atoms with van der Waals surface area (Å²) in [5, 5.41) is 26.1. The van der Waals surface area contributed by atoms with E-state index in [2.05, 4.69) is 42.5 Å². The minimum Gasteiger partial charge on any atom is -0.221 e. The van der Waals surface area contributed by atoms with Crippen LogP contribution in [-0.2, 0) is 6.54 Å². The summed E-state index contributed by atoms with van der Waals surface area (Å²) in [6.07, 6.45) is 1.62. The molecule has 4 aromatic rings. The van der Waals surface area contributed by atoms with Crippen molar-refractivity contribution in [2.45, 2.75) is 6.54 Å². The first-order valence-electron chi connectivity index (χ1n) is 7.91. The normalized spacial score (nSPS) is 10.7. The predicted octanol–water partition coefficient (Wildman–Crippen LogP) is 3.86. The summed E-state index contributed by atoms with van der Waals surface area (Å²) in [5.74, 6) is 0.400. The Morgan fingerprint density at radius 2 is 1.81 bits per heavy atom. The van der Waals surface area contributed by atoms with Crippen molar-refractivity contribution in [3.05, 3.63) is 75.5 Å². The van der Waals surface area contributed by atoms with Gasteiger partial charge in [-0.15, -0.1) is 10.2 Å². The van der Waals surface area contributed by atoms with Gasteiger partial charge in [0.15, 0.2) is 0 Å². The first-order valence-corrected chi connectivity index (χ1v) is 9.08. The summed E-state index contributed by atoms with van der Waals surface area (Å²) in [7, 11) is 0. The van der Waals surface area contributed by atoms with Crippen LogP contribution in [0.4, 0.5) is 0 Å². The van der Waals surface area contributed by atoms with Gasteiger partial charge in [0.1, 0.15) is 5.15 Å². The van der Waals surface area contributed by atoms with Gasteiger partial charge in [-0.3, -0.25) is 0 Å². The molecule has 0 radical (unpaired) electrons. The fraction of sp³-hybridized carbons (Fsp3) is 0.0556. The molecule has 2 heterocycles. The molecule has 2 aromatic heterocycles. The molecule has 0 aliphatic rings. The van der Waals surface area contributed by atoms with E-state index < -0.39 is 0 Å². The van der Waals surface area contributed by atoms with Crippen molar-refractivity contribution in [3.63, 3.8) is 0 Å². The third-order valence-corrected chi connectivity index (χ3v) is 4.77. The number of rotatable bonds is 4. The minimum absolute atomic E-state index is 0.400. The minimum atomic E-state index is 0.400. The van der Waals surface area contributed by atoms with Crippen LogP contribution in [0.1, 0.15) is 11.1 Å². The molecule has 7 nitrogen and oxygen atoms in total. The highest BCUT2D eigenvalue weighted by Crippen LogP contribution is 2.27. The molecular formula is C18H11BrClN7. The second kappa shape index (κ2) is 7.31. The fourth-order valence-electron chi connectivity index (χ4n) is 2.51. The number of benzene rings is 2. The van der Waals surface area contributed by atoms with E-state index in [0.717, 1.165) is 15.7 Å². The van der Waals surface area contributed by atoms with Gasteiger partial charge in [0, 0.05) is 4.47 Å². The lowest BCUT2D eigenvalue weighted by molar-refractivity contribution is 0.573. The van der Waals surface area contributed by atoms with E-state index >= 15 is 0 Å². The lowest BCUT2D eigenvalue weighted by Gasteiger charge is -2.03. The molecule has 2 aromatic carbocycles. The summed E-state index contributed by atoms with van der Waals surface area (Å²) in [4.78, 5) is 1.48. The SMILES string of the molecule is N#Cc1ccc(Cn2nnc(-c3cnn(-c4ccc(Br)cc4)c3Cl)n2)cc1. The van der Waals surface area contributed by atoms with Gasteiger partial charge in [-0.25, -0.2) is 4.68 Å². The average molecular weight is 441 g/mol. The molecule has 0 fully saturated rings. The van der Waals surface area contributed by atoms with Gasteiger partial charge < -0.3 is 0 Å². The third kappa shape index (κ3) is 3.60. The lowest BCUT2D eigenvalue weighted by atomic mass is 10.1. The molecule has 0 unspecified atom stereocenters. The van der Waals surface area contributed by atoms with Crippen molar-refractivity contribution >= 4 is 27.5 Å². The van der Waals surface area contributed by atoms with E-state index in [-0.39, 0.29) is 0 Å². The van der Waals surface area contributed by atoms with Crippen LogP contribution in [0.2, 0.25) is 5.15 Å². The summed E-state index contributed by atoms with van der Waals surface area (Å²) >= 11 is 9.88. The van der Waals surface area contributed by atoms with Gasteiger partial charge in [0.25, 0.3) is 0 Å². The zero-order valence-electron chi connectivity index (χ0n) is 13.8. The van der Waals surface area contributed by atoms with Gasteiger partial charge in [0.2, 0.25) is 5.82 Å². The van der Waals surface area contributed by atoms with E-state index in [4.69, 9.17) is 16.9 Å². The molecule has 27 heavy (non-hydrogen) atoms. The van der Waals surface area contributed by atoms with Crippen LogP contribution in [0.15, 0.2) is 59.2 Å². The van der Waals surface area contributed by atoms with Crippen LogP contribution in [0.5, 0.6) is 0 Å². The van der Waals surface area contributed by atoms with Crippen molar-refractivity contribution in [2.75, 3.05) is 0 Å². The summed E-state index contributed by atoms with van der Waals surface area (Å²) < 4.78 is 2.59. The molecule has 0 amide bonds. The number of tetrazole rings is 1. The number of halogens is 2. The van der Waals surface area contributed by atoms with E-state index in [1.54, 1.807) is 23.0 Å². The Morgan fingerprint density at radius 3 is 2.52 bits per heavy atom. The quantitative estimate of drug-likeness (QED) is 0.481. The molecule has 132 valence electrons. The van der Waals surface area contributed by atoms with Gasteiger partial charge in [0.05, 0.1) is 35.6 Å². The Kier molecular flexibility index (Phi) is 4.71. The molecule has 0 bridgehead atoms. The number of nitrogens with zero attached hydrogens (tertiary/aromatic N) is 7. The zero-order chi connectivity index (χ0) is 18.8. The standard InChI is InChI=1S/C18H11BrClN7/c19-14-5-7-15(8-6-14)27-17(20)16(10-22-27)18-23-25-26(24-18)11-13-3-1-12(9-21)2-4-13/h1-8,10H,11H2. The van der Waals surface area contributed by atoms with Crippen molar-refractivity contribution in [2.24, 2.45) is 0 Å². The monoisotopic (exact) mass is 439 g/mol. The maximum absolute atomic E-state index is 8.86. The Balaban J connectivity index is 1.58. The van der Waals surface area contributed by atoms with Gasteiger partial charge in [-0.1, -0.05) is 39.7 Å². The van der Waals surface area contributed by atoms with Crippen LogP contribution in [0, 0.1) is 11.3 Å². The van der Waals surface area contributed by atoms with Gasteiger partial charge in [-0.2, -0.15) is 15.2 Å². The molecule has 0 aliphatic carbocycles. The second-order valence-corrected chi connectivity index (χ2v) is 6.96. The van der Waals surface area contributed by atoms with E-state index in [0.29, 0.717) is 28.6 Å². The number of aromatic nitrogens is 6. The Hall–Kier alpha value is -3.02.